The highest BCUT2D eigenvalue weighted by atomic mass is 35.5. The largest absolute Gasteiger partial charge is 0.497 e. The molecule has 1 aliphatic heterocycles. The zero-order valence-electron chi connectivity index (χ0n) is 16.8. The first kappa shape index (κ1) is 23.6. The van der Waals surface area contributed by atoms with Crippen molar-refractivity contribution in [2.24, 2.45) is 0 Å². The van der Waals surface area contributed by atoms with Crippen molar-refractivity contribution in [2.45, 2.75) is 4.90 Å². The molecule has 168 valence electrons. The topological polar surface area (TPSA) is 94.2 Å². The summed E-state index contributed by atoms with van der Waals surface area (Å²) < 4.78 is 43.1. The molecule has 3 rings (SSSR count). The lowest BCUT2D eigenvalue weighted by Crippen LogP contribution is -2.40. The van der Waals surface area contributed by atoms with E-state index in [9.17, 15) is 13.2 Å². The summed E-state index contributed by atoms with van der Waals surface area (Å²) in [5, 5.41) is 2.67. The minimum atomic E-state index is -3.89. The van der Waals surface area contributed by atoms with Gasteiger partial charge in [-0.1, -0.05) is 29.3 Å². The van der Waals surface area contributed by atoms with Crippen LogP contribution < -0.4 is 14.8 Å². The molecule has 8 nitrogen and oxygen atoms in total. The Hall–Kier alpha value is -2.04. The van der Waals surface area contributed by atoms with E-state index in [1.165, 1.54) is 16.4 Å². The maximum Gasteiger partial charge on any atom is 0.252 e. The average Bonchev–Trinajstić information content (AvgIpc) is 2.77. The van der Waals surface area contributed by atoms with E-state index in [1.807, 2.05) is 0 Å². The van der Waals surface area contributed by atoms with E-state index in [0.29, 0.717) is 24.7 Å². The zero-order valence-corrected chi connectivity index (χ0v) is 19.1. The van der Waals surface area contributed by atoms with Crippen LogP contribution >= 0.6 is 23.2 Å². The van der Waals surface area contributed by atoms with E-state index in [-0.39, 0.29) is 46.7 Å². The number of halogens is 2. The lowest BCUT2D eigenvalue weighted by molar-refractivity contribution is 0.0730. The van der Waals surface area contributed by atoms with Gasteiger partial charge in [-0.05, 0) is 24.3 Å². The third kappa shape index (κ3) is 5.81. The number of sulfonamides is 1. The molecular formula is C20H22Cl2N2O6S. The number of benzene rings is 2. The van der Waals surface area contributed by atoms with Gasteiger partial charge in [0.05, 0.1) is 42.5 Å². The van der Waals surface area contributed by atoms with Crippen LogP contribution in [0.4, 0.5) is 0 Å². The van der Waals surface area contributed by atoms with E-state index < -0.39 is 15.9 Å². The molecule has 0 aliphatic carbocycles. The van der Waals surface area contributed by atoms with Crippen LogP contribution in [0.2, 0.25) is 10.0 Å². The summed E-state index contributed by atoms with van der Waals surface area (Å²) in [6.45, 7) is 1.40. The summed E-state index contributed by atoms with van der Waals surface area (Å²) in [7, 11) is -2.33. The van der Waals surface area contributed by atoms with Gasteiger partial charge in [0.15, 0.2) is 0 Å². The van der Waals surface area contributed by atoms with Crippen molar-refractivity contribution >= 4 is 39.1 Å². The number of amides is 1. The normalized spacial score (nSPS) is 14.8. The van der Waals surface area contributed by atoms with E-state index in [0.717, 1.165) is 0 Å². The van der Waals surface area contributed by atoms with Crippen LogP contribution in [0.15, 0.2) is 41.3 Å². The van der Waals surface area contributed by atoms with Crippen molar-refractivity contribution < 1.29 is 27.4 Å². The van der Waals surface area contributed by atoms with Gasteiger partial charge in [-0.3, -0.25) is 4.79 Å². The van der Waals surface area contributed by atoms with Crippen molar-refractivity contribution in [3.05, 3.63) is 52.0 Å². The first-order chi connectivity index (χ1) is 14.8. The predicted octanol–water partition coefficient (Wildman–Crippen LogP) is 2.83. The van der Waals surface area contributed by atoms with Crippen LogP contribution in [-0.2, 0) is 14.8 Å². The molecule has 0 radical (unpaired) electrons. The minimum Gasteiger partial charge on any atom is -0.497 e. The molecule has 2 aromatic rings. The van der Waals surface area contributed by atoms with Gasteiger partial charge in [-0.15, -0.1) is 0 Å². The third-order valence-electron chi connectivity index (χ3n) is 4.55. The SMILES string of the molecule is COc1cccc(OCCNC(=O)c2cc(S(=O)(=O)N3CCOCC3)c(Cl)cc2Cl)c1. The number of rotatable bonds is 8. The molecule has 1 fully saturated rings. The van der Waals surface area contributed by atoms with Crippen molar-refractivity contribution in [1.29, 1.82) is 0 Å². The quantitative estimate of drug-likeness (QED) is 0.574. The Morgan fingerprint density at radius 1 is 1.13 bits per heavy atom. The van der Waals surface area contributed by atoms with Crippen molar-refractivity contribution in [1.82, 2.24) is 9.62 Å². The Bertz CT molecular complexity index is 1040. The number of morpholine rings is 1. The van der Waals surface area contributed by atoms with Gasteiger partial charge >= 0.3 is 0 Å². The van der Waals surface area contributed by atoms with Crippen molar-refractivity contribution in [3.63, 3.8) is 0 Å². The number of carbonyl (C=O) groups excluding carboxylic acids is 1. The molecule has 0 saturated carbocycles. The highest BCUT2D eigenvalue weighted by Crippen LogP contribution is 2.31. The fourth-order valence-corrected chi connectivity index (χ4v) is 5.19. The fraction of sp³-hybridized carbons (Fsp3) is 0.350. The van der Waals surface area contributed by atoms with Crippen LogP contribution in [0.1, 0.15) is 10.4 Å². The summed E-state index contributed by atoms with van der Waals surface area (Å²) in [4.78, 5) is 12.4. The molecule has 2 aromatic carbocycles. The standard InChI is InChI=1S/C20H22Cl2N2O6S/c1-28-14-3-2-4-15(11-14)30-8-5-23-20(25)16-12-19(18(22)13-17(16)21)31(26,27)24-6-9-29-10-7-24/h2-4,11-13H,5-10H2,1H3,(H,23,25). The first-order valence-corrected chi connectivity index (χ1v) is 11.6. The Morgan fingerprint density at radius 2 is 1.84 bits per heavy atom. The van der Waals surface area contributed by atoms with Gasteiger partial charge in [0.25, 0.3) is 5.91 Å². The second kappa shape index (κ2) is 10.5. The number of nitrogens with zero attached hydrogens (tertiary/aromatic N) is 1. The molecule has 1 N–H and O–H groups in total. The number of hydrogen-bond donors (Lipinski definition) is 1. The highest BCUT2D eigenvalue weighted by Gasteiger charge is 2.30. The molecule has 0 aromatic heterocycles. The Kier molecular flexibility index (Phi) is 8.01. The van der Waals surface area contributed by atoms with Crippen LogP contribution in [-0.4, -0.2) is 65.2 Å². The van der Waals surface area contributed by atoms with Crippen molar-refractivity contribution in [3.8, 4) is 11.5 Å². The van der Waals surface area contributed by atoms with E-state index in [1.54, 1.807) is 31.4 Å². The van der Waals surface area contributed by atoms with E-state index in [2.05, 4.69) is 5.32 Å². The lowest BCUT2D eigenvalue weighted by atomic mass is 10.2. The second-order valence-electron chi connectivity index (χ2n) is 6.56. The molecule has 0 bridgehead atoms. The van der Waals surface area contributed by atoms with Crippen LogP contribution in [0.3, 0.4) is 0 Å². The zero-order chi connectivity index (χ0) is 22.4. The number of carbonyl (C=O) groups is 1. The fourth-order valence-electron chi connectivity index (χ4n) is 2.95. The molecule has 1 heterocycles. The second-order valence-corrected chi connectivity index (χ2v) is 9.28. The average molecular weight is 489 g/mol. The number of methoxy groups -OCH3 is 1. The maximum absolute atomic E-state index is 12.9. The molecule has 0 unspecified atom stereocenters. The molecule has 0 atom stereocenters. The highest BCUT2D eigenvalue weighted by molar-refractivity contribution is 7.89. The molecule has 31 heavy (non-hydrogen) atoms. The van der Waals surface area contributed by atoms with Gasteiger partial charge in [0, 0.05) is 19.2 Å². The predicted molar refractivity (Wildman–Crippen MR) is 117 cm³/mol. The molecule has 1 saturated heterocycles. The third-order valence-corrected chi connectivity index (χ3v) is 7.23. The van der Waals surface area contributed by atoms with Gasteiger partial charge in [-0.2, -0.15) is 4.31 Å². The lowest BCUT2D eigenvalue weighted by Gasteiger charge is -2.26. The van der Waals surface area contributed by atoms with Gasteiger partial charge in [-0.25, -0.2) is 8.42 Å². The van der Waals surface area contributed by atoms with E-state index >= 15 is 0 Å². The molecule has 1 amide bonds. The van der Waals surface area contributed by atoms with E-state index in [4.69, 9.17) is 37.4 Å². The molecule has 1 aliphatic rings. The Morgan fingerprint density at radius 3 is 2.55 bits per heavy atom. The molecule has 0 spiro atoms. The monoisotopic (exact) mass is 488 g/mol. The van der Waals surface area contributed by atoms with Crippen LogP contribution in [0.25, 0.3) is 0 Å². The van der Waals surface area contributed by atoms with Crippen molar-refractivity contribution in [2.75, 3.05) is 46.6 Å². The summed E-state index contributed by atoms with van der Waals surface area (Å²) >= 11 is 12.3. The maximum atomic E-state index is 12.9. The van der Waals surface area contributed by atoms with Gasteiger partial charge < -0.3 is 19.5 Å². The summed E-state index contributed by atoms with van der Waals surface area (Å²) in [5.41, 5.74) is 0.0132. The Balaban J connectivity index is 1.67. The van der Waals surface area contributed by atoms with Gasteiger partial charge in [0.2, 0.25) is 10.0 Å². The number of ether oxygens (including phenoxy) is 3. The first-order valence-electron chi connectivity index (χ1n) is 9.45. The molecule has 11 heteroatoms. The minimum absolute atomic E-state index is 0.0132. The smallest absolute Gasteiger partial charge is 0.252 e. The summed E-state index contributed by atoms with van der Waals surface area (Å²) in [6.07, 6.45) is 0. The Labute approximate surface area is 191 Å². The number of hydrogen-bond acceptors (Lipinski definition) is 6. The van der Waals surface area contributed by atoms with Crippen LogP contribution in [0, 0.1) is 0 Å². The summed E-state index contributed by atoms with van der Waals surface area (Å²) in [5.74, 6) is 0.717. The summed E-state index contributed by atoms with van der Waals surface area (Å²) in [6, 6.07) is 9.53. The van der Waals surface area contributed by atoms with Crippen LogP contribution in [0.5, 0.6) is 11.5 Å². The number of nitrogens with one attached hydrogen (secondary N) is 1. The van der Waals surface area contributed by atoms with Gasteiger partial charge in [0.1, 0.15) is 23.0 Å². The molecular weight excluding hydrogens is 467 g/mol.